The van der Waals surface area contributed by atoms with Crippen molar-refractivity contribution in [2.24, 2.45) is 23.0 Å². The van der Waals surface area contributed by atoms with Crippen LogP contribution in [0.1, 0.15) is 53.1 Å². The lowest BCUT2D eigenvalue weighted by atomic mass is 9.70. The van der Waals surface area contributed by atoms with Gasteiger partial charge in [0.15, 0.2) is 0 Å². The van der Waals surface area contributed by atoms with Crippen LogP contribution in [0.15, 0.2) is 30.3 Å². The van der Waals surface area contributed by atoms with Crippen LogP contribution in [0.4, 0.5) is 0 Å². The van der Waals surface area contributed by atoms with E-state index in [9.17, 15) is 9.59 Å². The molecule has 0 aromatic heterocycles. The number of hydrogen-bond donors (Lipinski definition) is 3. The van der Waals surface area contributed by atoms with Gasteiger partial charge in [0.1, 0.15) is 0 Å². The van der Waals surface area contributed by atoms with E-state index in [0.717, 1.165) is 5.56 Å². The molecule has 0 saturated heterocycles. The molecule has 25 heavy (non-hydrogen) atoms. The number of amides is 2. The van der Waals surface area contributed by atoms with E-state index in [2.05, 4.69) is 38.3 Å². The van der Waals surface area contributed by atoms with Crippen LogP contribution >= 0.6 is 0 Å². The van der Waals surface area contributed by atoms with Gasteiger partial charge in [-0.05, 0) is 24.3 Å². The quantitative estimate of drug-likeness (QED) is 0.676. The third-order valence-corrected chi connectivity index (χ3v) is 5.29. The lowest BCUT2D eigenvalue weighted by Crippen LogP contribution is -2.49. The van der Waals surface area contributed by atoms with Gasteiger partial charge in [-0.15, -0.1) is 0 Å². The first kappa shape index (κ1) is 21.2. The molecule has 0 heterocycles. The van der Waals surface area contributed by atoms with Crippen molar-refractivity contribution in [1.29, 1.82) is 0 Å². The van der Waals surface area contributed by atoms with E-state index in [1.807, 2.05) is 37.3 Å². The molecule has 1 aromatic carbocycles. The second kappa shape index (κ2) is 8.99. The molecule has 0 aliphatic carbocycles. The summed E-state index contributed by atoms with van der Waals surface area (Å²) in [6.45, 7) is 12.2. The zero-order valence-corrected chi connectivity index (χ0v) is 16.3. The lowest BCUT2D eigenvalue weighted by molar-refractivity contribution is -0.136. The lowest BCUT2D eigenvalue weighted by Gasteiger charge is -2.36. The Kier molecular flexibility index (Phi) is 7.61. The maximum absolute atomic E-state index is 12.9. The molecule has 2 amide bonds. The second-order valence-electron chi connectivity index (χ2n) is 7.56. The third-order valence-electron chi connectivity index (χ3n) is 5.29. The van der Waals surface area contributed by atoms with Crippen LogP contribution in [-0.4, -0.2) is 24.4 Å². The molecule has 2 atom stereocenters. The second-order valence-corrected chi connectivity index (χ2v) is 7.56. The molecule has 0 aliphatic heterocycles. The van der Waals surface area contributed by atoms with Gasteiger partial charge in [-0.2, -0.15) is 0 Å². The number of benzene rings is 1. The van der Waals surface area contributed by atoms with Gasteiger partial charge >= 0.3 is 0 Å². The summed E-state index contributed by atoms with van der Waals surface area (Å²) in [6.07, 6.45) is 0. The first-order chi connectivity index (χ1) is 11.6. The molecule has 5 heteroatoms. The fourth-order valence-electron chi connectivity index (χ4n) is 2.82. The minimum absolute atomic E-state index is 0.00785. The van der Waals surface area contributed by atoms with Gasteiger partial charge in [0.05, 0.1) is 17.5 Å². The smallest absolute Gasteiger partial charge is 0.237 e. The summed E-state index contributed by atoms with van der Waals surface area (Å²) in [5.74, 6) is 0.190. The summed E-state index contributed by atoms with van der Waals surface area (Å²) in [5.41, 5.74) is 6.14. The molecule has 2 unspecified atom stereocenters. The number of carbonyl (C=O) groups is 2. The van der Waals surface area contributed by atoms with Gasteiger partial charge in [-0.1, -0.05) is 65.0 Å². The van der Waals surface area contributed by atoms with Gasteiger partial charge in [0.2, 0.25) is 11.8 Å². The van der Waals surface area contributed by atoms with Gasteiger partial charge in [0.25, 0.3) is 0 Å². The fraction of sp³-hybridized carbons (Fsp3) is 0.600. The summed E-state index contributed by atoms with van der Waals surface area (Å²) in [7, 11) is 0. The molecule has 0 radical (unpaired) electrons. The summed E-state index contributed by atoms with van der Waals surface area (Å²) in [5, 5.41) is 5.95. The zero-order valence-electron chi connectivity index (χ0n) is 16.3. The number of rotatable bonds is 8. The van der Waals surface area contributed by atoms with Crippen LogP contribution in [-0.2, 0) is 9.59 Å². The Hall–Kier alpha value is -1.88. The Morgan fingerprint density at radius 3 is 2.00 bits per heavy atom. The summed E-state index contributed by atoms with van der Waals surface area (Å²) in [4.78, 5) is 24.9. The molecular weight excluding hydrogens is 314 g/mol. The van der Waals surface area contributed by atoms with Crippen LogP contribution in [0.2, 0.25) is 0 Å². The predicted molar refractivity (Wildman–Crippen MR) is 102 cm³/mol. The van der Waals surface area contributed by atoms with Crippen LogP contribution in [0, 0.1) is 17.3 Å². The van der Waals surface area contributed by atoms with Crippen LogP contribution < -0.4 is 16.4 Å². The molecule has 4 N–H and O–H groups in total. The molecular formula is C20H33N3O2. The van der Waals surface area contributed by atoms with E-state index >= 15 is 0 Å². The van der Waals surface area contributed by atoms with E-state index < -0.39 is 11.5 Å². The molecule has 0 bridgehead atoms. The van der Waals surface area contributed by atoms with Gasteiger partial charge < -0.3 is 16.4 Å². The number of nitrogens with two attached hydrogens (primary N) is 1. The Morgan fingerprint density at radius 1 is 1.04 bits per heavy atom. The van der Waals surface area contributed by atoms with Crippen molar-refractivity contribution in [3.63, 3.8) is 0 Å². The van der Waals surface area contributed by atoms with Crippen LogP contribution in [0.25, 0.3) is 0 Å². The standard InChI is InChI=1S/C20H33N3O2/c1-13(2)20(6,14(3)4)19(25)22-12-17(23-18(24)15(5)21)16-10-8-7-9-11-16/h7-11,13-15,17H,12,21H2,1-6H3,(H,22,25)(H,23,24). The first-order valence-corrected chi connectivity index (χ1v) is 8.99. The highest BCUT2D eigenvalue weighted by Crippen LogP contribution is 2.35. The van der Waals surface area contributed by atoms with Gasteiger partial charge in [-0.25, -0.2) is 0 Å². The van der Waals surface area contributed by atoms with Crippen molar-refractivity contribution >= 4 is 11.8 Å². The normalized spacial score (nSPS) is 14.3. The summed E-state index contributed by atoms with van der Waals surface area (Å²) < 4.78 is 0. The van der Waals surface area contributed by atoms with E-state index in [1.54, 1.807) is 6.92 Å². The SMILES string of the molecule is CC(N)C(=O)NC(CNC(=O)C(C)(C(C)C)C(C)C)c1ccccc1. The van der Waals surface area contributed by atoms with E-state index in [0.29, 0.717) is 6.54 Å². The largest absolute Gasteiger partial charge is 0.353 e. The highest BCUT2D eigenvalue weighted by Gasteiger charge is 2.39. The first-order valence-electron chi connectivity index (χ1n) is 8.99. The van der Waals surface area contributed by atoms with Gasteiger partial charge in [-0.3, -0.25) is 9.59 Å². The van der Waals surface area contributed by atoms with E-state index in [1.165, 1.54) is 0 Å². The third kappa shape index (κ3) is 5.30. The molecule has 5 nitrogen and oxygen atoms in total. The van der Waals surface area contributed by atoms with Crippen molar-refractivity contribution < 1.29 is 9.59 Å². The predicted octanol–water partition coefficient (Wildman–Crippen LogP) is 2.63. The highest BCUT2D eigenvalue weighted by molar-refractivity contribution is 5.83. The maximum atomic E-state index is 12.9. The topological polar surface area (TPSA) is 84.2 Å². The average Bonchev–Trinajstić information content (AvgIpc) is 2.57. The molecule has 0 aliphatic rings. The maximum Gasteiger partial charge on any atom is 0.237 e. The van der Waals surface area contributed by atoms with E-state index in [4.69, 9.17) is 5.73 Å². The van der Waals surface area contributed by atoms with Crippen LogP contribution in [0.3, 0.4) is 0 Å². The van der Waals surface area contributed by atoms with Crippen molar-refractivity contribution in [3.8, 4) is 0 Å². The molecule has 0 saturated carbocycles. The molecule has 1 rings (SSSR count). The summed E-state index contributed by atoms with van der Waals surface area (Å²) in [6, 6.07) is 8.69. The van der Waals surface area contributed by atoms with Crippen molar-refractivity contribution in [1.82, 2.24) is 10.6 Å². The minimum atomic E-state index is -0.599. The molecule has 1 aromatic rings. The Bertz CT molecular complexity index is 560. The van der Waals surface area contributed by atoms with Crippen LogP contribution in [0.5, 0.6) is 0 Å². The van der Waals surface area contributed by atoms with Gasteiger partial charge in [0, 0.05) is 6.54 Å². The Labute approximate surface area is 151 Å². The Balaban J connectivity index is 2.92. The monoisotopic (exact) mass is 347 g/mol. The number of hydrogen-bond acceptors (Lipinski definition) is 3. The minimum Gasteiger partial charge on any atom is -0.353 e. The molecule has 0 fully saturated rings. The Morgan fingerprint density at radius 2 is 1.56 bits per heavy atom. The van der Waals surface area contributed by atoms with Crippen molar-refractivity contribution in [2.75, 3.05) is 6.54 Å². The average molecular weight is 348 g/mol. The van der Waals surface area contributed by atoms with Crippen molar-refractivity contribution in [2.45, 2.75) is 53.6 Å². The molecule has 140 valence electrons. The van der Waals surface area contributed by atoms with Crippen molar-refractivity contribution in [3.05, 3.63) is 35.9 Å². The highest BCUT2D eigenvalue weighted by atomic mass is 16.2. The summed E-state index contributed by atoms with van der Waals surface area (Å²) >= 11 is 0. The number of nitrogens with one attached hydrogen (secondary N) is 2. The molecule has 0 spiro atoms. The zero-order chi connectivity index (χ0) is 19.2. The van der Waals surface area contributed by atoms with E-state index in [-0.39, 0.29) is 29.7 Å². The fourth-order valence-corrected chi connectivity index (χ4v) is 2.82. The number of carbonyl (C=O) groups excluding carboxylic acids is 2.